The standard InChI is InChI=1S/C12H10ClFN2O3/c1-2-18-11(17)10-6-19-12(16-10)15-9-4-3-7(14)5-8(9)13/h3-6H,2H2,1H3,(H,15,16). The zero-order valence-corrected chi connectivity index (χ0v) is 10.7. The molecule has 0 saturated heterocycles. The Morgan fingerprint density at radius 2 is 2.37 bits per heavy atom. The van der Waals surface area contributed by atoms with E-state index >= 15 is 0 Å². The van der Waals surface area contributed by atoms with Crippen LogP contribution in [0.15, 0.2) is 28.9 Å². The first kappa shape index (κ1) is 13.4. The SMILES string of the molecule is CCOC(=O)c1coc(Nc2ccc(F)cc2Cl)n1. The zero-order valence-electron chi connectivity index (χ0n) is 9.94. The van der Waals surface area contributed by atoms with Crippen molar-refractivity contribution in [3.8, 4) is 0 Å². The van der Waals surface area contributed by atoms with Crippen LogP contribution < -0.4 is 5.32 Å². The van der Waals surface area contributed by atoms with Crippen molar-refractivity contribution in [1.29, 1.82) is 0 Å². The monoisotopic (exact) mass is 284 g/mol. The van der Waals surface area contributed by atoms with Crippen molar-refractivity contribution in [2.45, 2.75) is 6.92 Å². The summed E-state index contributed by atoms with van der Waals surface area (Å²) in [6, 6.07) is 3.89. The highest BCUT2D eigenvalue weighted by molar-refractivity contribution is 6.33. The van der Waals surface area contributed by atoms with Crippen LogP contribution in [0.4, 0.5) is 16.1 Å². The Morgan fingerprint density at radius 3 is 3.05 bits per heavy atom. The van der Waals surface area contributed by atoms with Gasteiger partial charge in [-0.05, 0) is 25.1 Å². The maximum absolute atomic E-state index is 12.9. The number of anilines is 2. The predicted molar refractivity (Wildman–Crippen MR) is 67.2 cm³/mol. The quantitative estimate of drug-likeness (QED) is 0.872. The van der Waals surface area contributed by atoms with Gasteiger partial charge in [-0.3, -0.25) is 0 Å². The molecule has 0 radical (unpaired) electrons. The van der Waals surface area contributed by atoms with Gasteiger partial charge in [0.05, 0.1) is 17.3 Å². The van der Waals surface area contributed by atoms with Gasteiger partial charge in [0.25, 0.3) is 6.01 Å². The summed E-state index contributed by atoms with van der Waals surface area (Å²) in [6.07, 6.45) is 1.16. The number of benzene rings is 1. The Labute approximate surface area is 113 Å². The van der Waals surface area contributed by atoms with Gasteiger partial charge in [0.15, 0.2) is 5.69 Å². The van der Waals surface area contributed by atoms with Gasteiger partial charge in [0, 0.05) is 0 Å². The van der Waals surface area contributed by atoms with Crippen molar-refractivity contribution >= 4 is 29.3 Å². The van der Waals surface area contributed by atoms with E-state index in [2.05, 4.69) is 10.3 Å². The molecular weight excluding hydrogens is 275 g/mol. The lowest BCUT2D eigenvalue weighted by Crippen LogP contribution is -2.05. The number of carbonyl (C=O) groups is 1. The number of nitrogens with one attached hydrogen (secondary N) is 1. The van der Waals surface area contributed by atoms with Gasteiger partial charge in [-0.15, -0.1) is 0 Å². The van der Waals surface area contributed by atoms with Crippen molar-refractivity contribution in [2.24, 2.45) is 0 Å². The molecule has 0 fully saturated rings. The summed E-state index contributed by atoms with van der Waals surface area (Å²) < 4.78 is 22.7. The Bertz CT molecular complexity index is 600. The largest absolute Gasteiger partial charge is 0.461 e. The Balaban J connectivity index is 2.13. The minimum atomic E-state index is -0.579. The van der Waals surface area contributed by atoms with Gasteiger partial charge in [0.1, 0.15) is 12.1 Å². The average molecular weight is 285 g/mol. The first-order valence-corrected chi connectivity index (χ1v) is 5.82. The molecule has 0 aliphatic rings. The highest BCUT2D eigenvalue weighted by Gasteiger charge is 2.13. The molecule has 0 saturated carbocycles. The number of ether oxygens (including phenoxy) is 1. The molecule has 0 atom stereocenters. The van der Waals surface area contributed by atoms with Crippen LogP contribution in [-0.4, -0.2) is 17.6 Å². The Hall–Kier alpha value is -2.08. The van der Waals surface area contributed by atoms with E-state index in [-0.39, 0.29) is 23.3 Å². The lowest BCUT2D eigenvalue weighted by molar-refractivity contribution is 0.0519. The molecule has 5 nitrogen and oxygen atoms in total. The van der Waals surface area contributed by atoms with Crippen LogP contribution in [0.3, 0.4) is 0 Å². The second-order valence-corrected chi connectivity index (χ2v) is 3.91. The van der Waals surface area contributed by atoms with E-state index in [1.54, 1.807) is 6.92 Å². The van der Waals surface area contributed by atoms with Gasteiger partial charge in [0.2, 0.25) is 0 Å². The van der Waals surface area contributed by atoms with E-state index in [9.17, 15) is 9.18 Å². The molecule has 1 aromatic heterocycles. The minimum Gasteiger partial charge on any atom is -0.461 e. The number of rotatable bonds is 4. The number of aromatic nitrogens is 1. The molecule has 0 unspecified atom stereocenters. The normalized spacial score (nSPS) is 10.3. The summed E-state index contributed by atoms with van der Waals surface area (Å²) in [4.78, 5) is 15.3. The fourth-order valence-electron chi connectivity index (χ4n) is 1.34. The molecule has 0 aliphatic carbocycles. The van der Waals surface area contributed by atoms with Crippen LogP contribution in [0.5, 0.6) is 0 Å². The molecule has 2 rings (SSSR count). The topological polar surface area (TPSA) is 64.4 Å². The molecule has 0 spiro atoms. The second-order valence-electron chi connectivity index (χ2n) is 3.51. The molecule has 7 heteroatoms. The second kappa shape index (κ2) is 5.71. The average Bonchev–Trinajstić information content (AvgIpc) is 2.82. The van der Waals surface area contributed by atoms with Gasteiger partial charge in [-0.1, -0.05) is 11.6 Å². The van der Waals surface area contributed by atoms with Crippen molar-refractivity contribution in [3.05, 3.63) is 41.0 Å². The molecule has 0 bridgehead atoms. The fraction of sp³-hybridized carbons (Fsp3) is 0.167. The molecule has 2 aromatic rings. The highest BCUT2D eigenvalue weighted by Crippen LogP contribution is 2.25. The van der Waals surface area contributed by atoms with Crippen LogP contribution in [-0.2, 0) is 4.74 Å². The third-order valence-corrected chi connectivity index (χ3v) is 2.47. The third kappa shape index (κ3) is 3.23. The van der Waals surface area contributed by atoms with Crippen molar-refractivity contribution < 1.29 is 18.3 Å². The van der Waals surface area contributed by atoms with Crippen molar-refractivity contribution in [3.63, 3.8) is 0 Å². The molecule has 1 heterocycles. The van der Waals surface area contributed by atoms with E-state index in [1.807, 2.05) is 0 Å². The van der Waals surface area contributed by atoms with Gasteiger partial charge in [-0.25, -0.2) is 9.18 Å². The van der Waals surface area contributed by atoms with E-state index in [1.165, 1.54) is 12.1 Å². The highest BCUT2D eigenvalue weighted by atomic mass is 35.5. The molecule has 0 amide bonds. The fourth-order valence-corrected chi connectivity index (χ4v) is 1.55. The minimum absolute atomic E-state index is 0.0441. The number of hydrogen-bond acceptors (Lipinski definition) is 5. The molecule has 100 valence electrons. The van der Waals surface area contributed by atoms with Crippen LogP contribution in [0, 0.1) is 5.82 Å². The van der Waals surface area contributed by atoms with Crippen LogP contribution in [0.1, 0.15) is 17.4 Å². The van der Waals surface area contributed by atoms with E-state index in [4.69, 9.17) is 20.8 Å². The first-order valence-electron chi connectivity index (χ1n) is 5.45. The van der Waals surface area contributed by atoms with E-state index in [0.29, 0.717) is 5.69 Å². The summed E-state index contributed by atoms with van der Waals surface area (Å²) in [7, 11) is 0. The Kier molecular flexibility index (Phi) is 4.01. The van der Waals surface area contributed by atoms with Gasteiger partial charge >= 0.3 is 5.97 Å². The van der Waals surface area contributed by atoms with E-state index in [0.717, 1.165) is 12.3 Å². The summed E-state index contributed by atoms with van der Waals surface area (Å²) in [5, 5.41) is 2.91. The van der Waals surface area contributed by atoms with E-state index < -0.39 is 11.8 Å². The third-order valence-electron chi connectivity index (χ3n) is 2.16. The van der Waals surface area contributed by atoms with Crippen LogP contribution in [0.2, 0.25) is 5.02 Å². The summed E-state index contributed by atoms with van der Waals surface area (Å²) in [5.74, 6) is -1.03. The smallest absolute Gasteiger partial charge is 0.360 e. The Morgan fingerprint density at radius 1 is 1.58 bits per heavy atom. The molecule has 1 N–H and O–H groups in total. The number of esters is 1. The summed E-state index contributed by atoms with van der Waals surface area (Å²) in [6.45, 7) is 1.94. The molecule has 1 aromatic carbocycles. The number of nitrogens with zero attached hydrogens (tertiary/aromatic N) is 1. The van der Waals surface area contributed by atoms with Gasteiger partial charge in [-0.2, -0.15) is 4.98 Å². The molecule has 0 aliphatic heterocycles. The number of halogens is 2. The first-order chi connectivity index (χ1) is 9.10. The van der Waals surface area contributed by atoms with Crippen molar-refractivity contribution in [1.82, 2.24) is 4.98 Å². The molecular formula is C12H10ClFN2O3. The molecule has 19 heavy (non-hydrogen) atoms. The lowest BCUT2D eigenvalue weighted by Gasteiger charge is -2.03. The van der Waals surface area contributed by atoms with Crippen LogP contribution >= 0.6 is 11.6 Å². The zero-order chi connectivity index (χ0) is 13.8. The predicted octanol–water partition coefficient (Wildman–Crippen LogP) is 3.39. The number of hydrogen-bond donors (Lipinski definition) is 1. The van der Waals surface area contributed by atoms with Crippen LogP contribution in [0.25, 0.3) is 0 Å². The maximum atomic E-state index is 12.9. The summed E-state index contributed by atoms with van der Waals surface area (Å²) in [5.41, 5.74) is 0.461. The lowest BCUT2D eigenvalue weighted by atomic mass is 10.3. The number of oxazole rings is 1. The summed E-state index contributed by atoms with van der Waals surface area (Å²) >= 11 is 5.83. The van der Waals surface area contributed by atoms with Gasteiger partial charge < -0.3 is 14.5 Å². The maximum Gasteiger partial charge on any atom is 0.360 e. The number of carbonyl (C=O) groups excluding carboxylic acids is 1. The van der Waals surface area contributed by atoms with Crippen molar-refractivity contribution in [2.75, 3.05) is 11.9 Å².